The molecule has 0 saturated carbocycles. The normalized spacial score (nSPS) is 9.64. The highest BCUT2D eigenvalue weighted by Crippen LogP contribution is 2.24. The van der Waals surface area contributed by atoms with E-state index in [-0.39, 0.29) is 35.4 Å². The fourth-order valence-corrected chi connectivity index (χ4v) is 1.95. The number of carbonyl (C=O) groups excluding carboxylic acids is 1. The molecule has 2 aromatic rings. The SMILES string of the molecule is Nc1nc(Cl)c(C#CCNC(=O)OCc2ccccc2)cc1[N+](=O)[O-]. The van der Waals surface area contributed by atoms with E-state index < -0.39 is 11.0 Å². The van der Waals surface area contributed by atoms with Gasteiger partial charge in [-0.1, -0.05) is 53.8 Å². The molecule has 0 spiro atoms. The molecule has 0 aliphatic carbocycles. The van der Waals surface area contributed by atoms with Crippen molar-refractivity contribution in [2.45, 2.75) is 6.61 Å². The van der Waals surface area contributed by atoms with Gasteiger partial charge in [-0.3, -0.25) is 10.1 Å². The number of rotatable bonds is 4. The quantitative estimate of drug-likeness (QED) is 0.374. The largest absolute Gasteiger partial charge is 0.445 e. The first-order valence-corrected chi connectivity index (χ1v) is 7.39. The number of hydrogen-bond donors (Lipinski definition) is 2. The number of nitrogens with two attached hydrogens (primary N) is 1. The molecule has 9 heteroatoms. The Hall–Kier alpha value is -3.31. The van der Waals surface area contributed by atoms with Crippen molar-refractivity contribution in [2.24, 2.45) is 0 Å². The van der Waals surface area contributed by atoms with Gasteiger partial charge in [-0.2, -0.15) is 0 Å². The van der Waals surface area contributed by atoms with E-state index in [1.165, 1.54) is 0 Å². The van der Waals surface area contributed by atoms with Crippen LogP contribution < -0.4 is 11.1 Å². The van der Waals surface area contributed by atoms with Gasteiger partial charge in [0.1, 0.15) is 11.8 Å². The summed E-state index contributed by atoms with van der Waals surface area (Å²) in [7, 11) is 0. The Bertz CT molecular complexity index is 846. The predicted molar refractivity (Wildman–Crippen MR) is 91.8 cm³/mol. The molecule has 2 rings (SSSR count). The molecule has 25 heavy (non-hydrogen) atoms. The molecule has 0 fully saturated rings. The van der Waals surface area contributed by atoms with Gasteiger partial charge in [0.05, 0.1) is 17.0 Å². The zero-order chi connectivity index (χ0) is 18.2. The van der Waals surface area contributed by atoms with E-state index in [0.717, 1.165) is 11.6 Å². The van der Waals surface area contributed by atoms with Crippen LogP contribution in [0.5, 0.6) is 0 Å². The number of carbonyl (C=O) groups is 1. The molecule has 1 aromatic heterocycles. The summed E-state index contributed by atoms with van der Waals surface area (Å²) in [6.45, 7) is 0.113. The van der Waals surface area contributed by atoms with Crippen molar-refractivity contribution in [1.29, 1.82) is 0 Å². The summed E-state index contributed by atoms with van der Waals surface area (Å²) < 4.78 is 5.01. The summed E-state index contributed by atoms with van der Waals surface area (Å²) in [4.78, 5) is 25.3. The maximum atomic E-state index is 11.5. The summed E-state index contributed by atoms with van der Waals surface area (Å²) in [5.41, 5.74) is 6.02. The monoisotopic (exact) mass is 360 g/mol. The molecule has 8 nitrogen and oxygen atoms in total. The van der Waals surface area contributed by atoms with Crippen LogP contribution in [0.15, 0.2) is 36.4 Å². The van der Waals surface area contributed by atoms with Crippen LogP contribution in [0, 0.1) is 22.0 Å². The summed E-state index contributed by atoms with van der Waals surface area (Å²) in [5.74, 6) is 4.91. The molecule has 0 radical (unpaired) electrons. The van der Waals surface area contributed by atoms with Crippen molar-refractivity contribution >= 4 is 29.2 Å². The second-order valence-electron chi connectivity index (χ2n) is 4.71. The lowest BCUT2D eigenvalue weighted by molar-refractivity contribution is -0.384. The van der Waals surface area contributed by atoms with Gasteiger partial charge in [-0.25, -0.2) is 9.78 Å². The molecule has 0 aliphatic rings. The fourth-order valence-electron chi connectivity index (χ4n) is 1.76. The molecule has 3 N–H and O–H groups in total. The molecule has 0 unspecified atom stereocenters. The third kappa shape index (κ3) is 5.37. The number of nitrogens with zero attached hydrogens (tertiary/aromatic N) is 2. The average Bonchev–Trinajstić information content (AvgIpc) is 2.59. The number of benzene rings is 1. The summed E-state index contributed by atoms with van der Waals surface area (Å²) >= 11 is 5.84. The molecule has 1 aromatic carbocycles. The van der Waals surface area contributed by atoms with E-state index in [4.69, 9.17) is 22.1 Å². The van der Waals surface area contributed by atoms with E-state index in [0.29, 0.717) is 0 Å². The zero-order valence-electron chi connectivity index (χ0n) is 12.9. The van der Waals surface area contributed by atoms with Crippen molar-refractivity contribution in [3.8, 4) is 11.8 Å². The molecular formula is C16H13ClN4O4. The van der Waals surface area contributed by atoms with Crippen molar-refractivity contribution in [1.82, 2.24) is 10.3 Å². The maximum Gasteiger partial charge on any atom is 0.408 e. The first-order chi connectivity index (χ1) is 12.0. The van der Waals surface area contributed by atoms with Crippen LogP contribution in [0.1, 0.15) is 11.1 Å². The summed E-state index contributed by atoms with van der Waals surface area (Å²) in [6.07, 6.45) is -0.634. The van der Waals surface area contributed by atoms with Gasteiger partial charge in [0, 0.05) is 6.07 Å². The minimum Gasteiger partial charge on any atom is -0.445 e. The smallest absolute Gasteiger partial charge is 0.408 e. The van der Waals surface area contributed by atoms with Gasteiger partial charge in [0.15, 0.2) is 0 Å². The third-order valence-electron chi connectivity index (χ3n) is 2.94. The molecule has 0 saturated heterocycles. The molecule has 0 bridgehead atoms. The van der Waals surface area contributed by atoms with Crippen LogP contribution in [0.3, 0.4) is 0 Å². The summed E-state index contributed by atoms with van der Waals surface area (Å²) in [6, 6.07) is 10.3. The van der Waals surface area contributed by atoms with Crippen LogP contribution in [0.4, 0.5) is 16.3 Å². The Labute approximate surface area is 148 Å². The number of nitro groups is 1. The van der Waals surface area contributed by atoms with E-state index in [1.807, 2.05) is 30.3 Å². The van der Waals surface area contributed by atoms with Crippen molar-refractivity contribution in [3.63, 3.8) is 0 Å². The zero-order valence-corrected chi connectivity index (χ0v) is 13.6. The number of anilines is 1. The number of nitrogen functional groups attached to an aromatic ring is 1. The van der Waals surface area contributed by atoms with E-state index in [9.17, 15) is 14.9 Å². The number of ether oxygens (including phenoxy) is 1. The molecular weight excluding hydrogens is 348 g/mol. The number of pyridine rings is 1. The number of nitrogens with one attached hydrogen (secondary N) is 1. The number of amides is 1. The van der Waals surface area contributed by atoms with Crippen LogP contribution in [0.2, 0.25) is 5.15 Å². The minimum atomic E-state index is -0.678. The van der Waals surface area contributed by atoms with Gasteiger partial charge >= 0.3 is 11.8 Å². The van der Waals surface area contributed by atoms with E-state index in [2.05, 4.69) is 22.1 Å². The number of hydrogen-bond acceptors (Lipinski definition) is 6. The molecule has 1 amide bonds. The van der Waals surface area contributed by atoms with Crippen LogP contribution in [0.25, 0.3) is 0 Å². The molecule has 0 aliphatic heterocycles. The standard InChI is InChI=1S/C16H13ClN4O4/c17-14-12(9-13(21(23)24)15(18)20-14)7-4-8-19-16(22)25-10-11-5-2-1-3-6-11/h1-3,5-6,9H,8,10H2,(H2,18,20)(H,19,22). The highest BCUT2D eigenvalue weighted by Gasteiger charge is 2.16. The van der Waals surface area contributed by atoms with Gasteiger partial charge in [0.25, 0.3) is 0 Å². The Morgan fingerprint density at radius 1 is 1.40 bits per heavy atom. The predicted octanol–water partition coefficient (Wildman–Crippen LogP) is 2.50. The topological polar surface area (TPSA) is 120 Å². The van der Waals surface area contributed by atoms with Crippen LogP contribution in [-0.4, -0.2) is 22.5 Å². The highest BCUT2D eigenvalue weighted by atomic mass is 35.5. The van der Waals surface area contributed by atoms with Gasteiger partial charge in [-0.05, 0) is 5.56 Å². The Morgan fingerprint density at radius 2 is 2.12 bits per heavy atom. The second kappa shape index (κ2) is 8.52. The highest BCUT2D eigenvalue weighted by molar-refractivity contribution is 6.30. The fraction of sp³-hybridized carbons (Fsp3) is 0.125. The summed E-state index contributed by atoms with van der Waals surface area (Å²) in [5, 5.41) is 13.2. The maximum absolute atomic E-state index is 11.5. The van der Waals surface area contributed by atoms with Crippen LogP contribution >= 0.6 is 11.6 Å². The molecule has 128 valence electrons. The van der Waals surface area contributed by atoms with E-state index >= 15 is 0 Å². The Kier molecular flexibility index (Phi) is 6.14. The lowest BCUT2D eigenvalue weighted by atomic mass is 10.2. The Morgan fingerprint density at radius 3 is 2.80 bits per heavy atom. The number of aromatic nitrogens is 1. The average molecular weight is 361 g/mol. The van der Waals surface area contributed by atoms with Gasteiger partial charge in [-0.15, -0.1) is 0 Å². The number of halogens is 1. The van der Waals surface area contributed by atoms with Crippen molar-refractivity contribution in [3.05, 3.63) is 62.8 Å². The second-order valence-corrected chi connectivity index (χ2v) is 5.06. The van der Waals surface area contributed by atoms with E-state index in [1.54, 1.807) is 0 Å². The minimum absolute atomic E-state index is 0.0257. The van der Waals surface area contributed by atoms with Gasteiger partial charge in [0.2, 0.25) is 5.82 Å². The lowest BCUT2D eigenvalue weighted by Crippen LogP contribution is -2.24. The van der Waals surface area contributed by atoms with Crippen molar-refractivity contribution < 1.29 is 14.5 Å². The Balaban J connectivity index is 1.89. The van der Waals surface area contributed by atoms with Gasteiger partial charge < -0.3 is 15.8 Å². The van der Waals surface area contributed by atoms with Crippen molar-refractivity contribution in [2.75, 3.05) is 12.3 Å². The van der Waals surface area contributed by atoms with Crippen LogP contribution in [-0.2, 0) is 11.3 Å². The molecule has 1 heterocycles. The first kappa shape index (κ1) is 18.0. The number of alkyl carbamates (subject to hydrolysis) is 1. The lowest BCUT2D eigenvalue weighted by Gasteiger charge is -2.04. The molecule has 0 atom stereocenters. The third-order valence-corrected chi connectivity index (χ3v) is 3.23. The first-order valence-electron chi connectivity index (χ1n) is 7.01.